The van der Waals surface area contributed by atoms with Gasteiger partial charge in [-0.2, -0.15) is 5.10 Å². The van der Waals surface area contributed by atoms with E-state index in [1.54, 1.807) is 23.0 Å². The standard InChI is InChI=1S/C17H24N4O2/c1-12(2)23-9-5-8-18-17(22)15-6-7-16(19-11-15)21-14(4)10-13(3)20-21/h6-7,10-12H,5,8-9H2,1-4H3,(H,18,22). The van der Waals surface area contributed by atoms with Crippen LogP contribution < -0.4 is 5.32 Å². The highest BCUT2D eigenvalue weighted by Crippen LogP contribution is 2.10. The maximum Gasteiger partial charge on any atom is 0.252 e. The zero-order valence-electron chi connectivity index (χ0n) is 14.2. The van der Waals surface area contributed by atoms with Gasteiger partial charge in [0.2, 0.25) is 0 Å². The Balaban J connectivity index is 1.89. The van der Waals surface area contributed by atoms with E-state index in [1.165, 1.54) is 0 Å². The van der Waals surface area contributed by atoms with Crippen LogP contribution in [0.5, 0.6) is 0 Å². The highest BCUT2D eigenvalue weighted by atomic mass is 16.5. The van der Waals surface area contributed by atoms with Crippen LogP contribution in [0.3, 0.4) is 0 Å². The van der Waals surface area contributed by atoms with E-state index in [-0.39, 0.29) is 12.0 Å². The van der Waals surface area contributed by atoms with Crippen molar-refractivity contribution in [1.29, 1.82) is 0 Å². The van der Waals surface area contributed by atoms with Crippen LogP contribution in [-0.2, 0) is 4.74 Å². The summed E-state index contributed by atoms with van der Waals surface area (Å²) in [5.41, 5.74) is 2.49. The molecule has 1 amide bonds. The maximum atomic E-state index is 12.0. The van der Waals surface area contributed by atoms with E-state index in [0.717, 1.165) is 17.8 Å². The molecule has 0 fully saturated rings. The smallest absolute Gasteiger partial charge is 0.252 e. The van der Waals surface area contributed by atoms with Crippen molar-refractivity contribution in [2.45, 2.75) is 40.2 Å². The Hall–Kier alpha value is -2.21. The summed E-state index contributed by atoms with van der Waals surface area (Å²) in [5.74, 6) is 0.583. The van der Waals surface area contributed by atoms with E-state index in [2.05, 4.69) is 15.4 Å². The van der Waals surface area contributed by atoms with E-state index in [0.29, 0.717) is 24.5 Å². The fraction of sp³-hybridized carbons (Fsp3) is 0.471. The first-order chi connectivity index (χ1) is 11.0. The van der Waals surface area contributed by atoms with Crippen molar-refractivity contribution < 1.29 is 9.53 Å². The van der Waals surface area contributed by atoms with Crippen LogP contribution >= 0.6 is 0 Å². The number of pyridine rings is 1. The number of rotatable bonds is 7. The highest BCUT2D eigenvalue weighted by molar-refractivity contribution is 5.93. The number of hydrogen-bond acceptors (Lipinski definition) is 4. The highest BCUT2D eigenvalue weighted by Gasteiger charge is 2.08. The molecule has 0 bridgehead atoms. The zero-order valence-corrected chi connectivity index (χ0v) is 14.2. The largest absolute Gasteiger partial charge is 0.379 e. The Morgan fingerprint density at radius 3 is 2.70 bits per heavy atom. The van der Waals surface area contributed by atoms with Crippen molar-refractivity contribution in [1.82, 2.24) is 20.1 Å². The van der Waals surface area contributed by atoms with Crippen LogP contribution in [0.1, 0.15) is 42.0 Å². The second-order valence-corrected chi connectivity index (χ2v) is 5.77. The molecule has 0 saturated heterocycles. The zero-order chi connectivity index (χ0) is 16.8. The lowest BCUT2D eigenvalue weighted by Crippen LogP contribution is -2.25. The van der Waals surface area contributed by atoms with Crippen LogP contribution in [0.25, 0.3) is 5.82 Å². The molecule has 2 aromatic heterocycles. The van der Waals surface area contributed by atoms with Gasteiger partial charge in [0.15, 0.2) is 5.82 Å². The molecular formula is C17H24N4O2. The third-order valence-corrected chi connectivity index (χ3v) is 3.29. The lowest BCUT2D eigenvalue weighted by atomic mass is 10.2. The van der Waals surface area contributed by atoms with Gasteiger partial charge in [0.25, 0.3) is 5.91 Å². The van der Waals surface area contributed by atoms with E-state index in [1.807, 2.05) is 33.8 Å². The number of nitrogens with one attached hydrogen (secondary N) is 1. The molecule has 0 aromatic carbocycles. The van der Waals surface area contributed by atoms with E-state index in [9.17, 15) is 4.79 Å². The molecule has 0 unspecified atom stereocenters. The monoisotopic (exact) mass is 316 g/mol. The molecule has 0 radical (unpaired) electrons. The van der Waals surface area contributed by atoms with Gasteiger partial charge >= 0.3 is 0 Å². The molecule has 1 N–H and O–H groups in total. The Morgan fingerprint density at radius 2 is 2.13 bits per heavy atom. The molecule has 0 spiro atoms. The van der Waals surface area contributed by atoms with Gasteiger partial charge in [-0.05, 0) is 52.3 Å². The minimum atomic E-state index is -0.123. The number of carbonyl (C=O) groups is 1. The first kappa shape index (κ1) is 17.1. The number of aryl methyl sites for hydroxylation is 2. The average molecular weight is 316 g/mol. The Labute approximate surface area is 136 Å². The molecule has 124 valence electrons. The molecule has 2 aromatic rings. The predicted octanol–water partition coefficient (Wildman–Crippen LogP) is 2.43. The fourth-order valence-electron chi connectivity index (χ4n) is 2.20. The number of carbonyl (C=O) groups excluding carboxylic acids is 1. The topological polar surface area (TPSA) is 69.0 Å². The molecule has 23 heavy (non-hydrogen) atoms. The van der Waals surface area contributed by atoms with Gasteiger partial charge in [-0.3, -0.25) is 4.79 Å². The molecule has 2 heterocycles. The van der Waals surface area contributed by atoms with Gasteiger partial charge < -0.3 is 10.1 Å². The number of amides is 1. The second kappa shape index (κ2) is 7.87. The molecule has 0 atom stereocenters. The normalized spacial score (nSPS) is 11.0. The predicted molar refractivity (Wildman–Crippen MR) is 88.9 cm³/mol. The van der Waals surface area contributed by atoms with Crippen molar-refractivity contribution in [3.05, 3.63) is 41.3 Å². The van der Waals surface area contributed by atoms with E-state index in [4.69, 9.17) is 4.74 Å². The third-order valence-electron chi connectivity index (χ3n) is 3.29. The van der Waals surface area contributed by atoms with Gasteiger partial charge in [0.05, 0.1) is 17.4 Å². The van der Waals surface area contributed by atoms with Gasteiger partial charge in [0, 0.05) is 25.0 Å². The molecule has 0 aliphatic heterocycles. The summed E-state index contributed by atoms with van der Waals surface area (Å²) < 4.78 is 7.20. The van der Waals surface area contributed by atoms with Crippen LogP contribution in [0.4, 0.5) is 0 Å². The summed E-state index contributed by atoms with van der Waals surface area (Å²) in [6.07, 6.45) is 2.59. The summed E-state index contributed by atoms with van der Waals surface area (Å²) in [6, 6.07) is 5.55. The van der Waals surface area contributed by atoms with E-state index >= 15 is 0 Å². The van der Waals surface area contributed by atoms with Crippen molar-refractivity contribution in [2.75, 3.05) is 13.2 Å². The summed E-state index contributed by atoms with van der Waals surface area (Å²) >= 11 is 0. The lowest BCUT2D eigenvalue weighted by molar-refractivity contribution is 0.0757. The summed E-state index contributed by atoms with van der Waals surface area (Å²) in [7, 11) is 0. The Kier molecular flexibility index (Phi) is 5.87. The van der Waals surface area contributed by atoms with E-state index < -0.39 is 0 Å². The average Bonchev–Trinajstić information content (AvgIpc) is 2.85. The number of hydrogen-bond donors (Lipinski definition) is 1. The first-order valence-electron chi connectivity index (χ1n) is 7.87. The molecule has 6 heteroatoms. The van der Waals surface area contributed by atoms with Crippen LogP contribution in [0.2, 0.25) is 0 Å². The minimum absolute atomic E-state index is 0.123. The quantitative estimate of drug-likeness (QED) is 0.797. The number of aromatic nitrogens is 3. The SMILES string of the molecule is Cc1cc(C)n(-c2ccc(C(=O)NCCCOC(C)C)cn2)n1. The maximum absolute atomic E-state index is 12.0. The molecule has 0 aliphatic carbocycles. The summed E-state index contributed by atoms with van der Waals surface area (Å²) in [4.78, 5) is 16.4. The molecule has 6 nitrogen and oxygen atoms in total. The molecule has 0 aliphatic rings. The molecule has 0 saturated carbocycles. The summed E-state index contributed by atoms with van der Waals surface area (Å²) in [5, 5.41) is 7.24. The lowest BCUT2D eigenvalue weighted by Gasteiger charge is -2.08. The Morgan fingerprint density at radius 1 is 1.35 bits per heavy atom. The fourth-order valence-corrected chi connectivity index (χ4v) is 2.20. The number of ether oxygens (including phenoxy) is 1. The third kappa shape index (κ3) is 4.89. The van der Waals surface area contributed by atoms with Crippen LogP contribution in [0.15, 0.2) is 24.4 Å². The van der Waals surface area contributed by atoms with Gasteiger partial charge in [-0.1, -0.05) is 0 Å². The molecule has 2 rings (SSSR count). The Bertz CT molecular complexity index is 647. The van der Waals surface area contributed by atoms with Crippen molar-refractivity contribution in [3.8, 4) is 5.82 Å². The molecular weight excluding hydrogens is 292 g/mol. The minimum Gasteiger partial charge on any atom is -0.379 e. The van der Waals surface area contributed by atoms with Crippen molar-refractivity contribution in [3.63, 3.8) is 0 Å². The van der Waals surface area contributed by atoms with Gasteiger partial charge in [0.1, 0.15) is 0 Å². The van der Waals surface area contributed by atoms with Gasteiger partial charge in [-0.15, -0.1) is 0 Å². The number of nitrogens with zero attached hydrogens (tertiary/aromatic N) is 3. The van der Waals surface area contributed by atoms with Crippen LogP contribution in [-0.4, -0.2) is 39.9 Å². The first-order valence-corrected chi connectivity index (χ1v) is 7.87. The van der Waals surface area contributed by atoms with Gasteiger partial charge in [-0.25, -0.2) is 9.67 Å². The van der Waals surface area contributed by atoms with Crippen molar-refractivity contribution in [2.24, 2.45) is 0 Å². The van der Waals surface area contributed by atoms with Crippen LogP contribution in [0, 0.1) is 13.8 Å². The van der Waals surface area contributed by atoms with Crippen molar-refractivity contribution >= 4 is 5.91 Å². The second-order valence-electron chi connectivity index (χ2n) is 5.77. The summed E-state index contributed by atoms with van der Waals surface area (Å²) in [6.45, 7) is 9.14.